The third-order valence-electron chi connectivity index (χ3n) is 1.11. The molecule has 3 heteroatoms. The number of nitrogens with zero attached hydrogens (tertiary/aromatic N) is 1. The Kier molecular flexibility index (Phi) is 1.53. The molecule has 50 valence electrons. The highest BCUT2D eigenvalue weighted by molar-refractivity contribution is 5.93. The molecule has 1 heterocycles. The molecule has 3 nitrogen and oxygen atoms in total. The molecule has 1 aliphatic rings. The van der Waals surface area contributed by atoms with E-state index in [2.05, 4.69) is 10.3 Å². The van der Waals surface area contributed by atoms with Crippen molar-refractivity contribution in [2.45, 2.75) is 20.2 Å². The summed E-state index contributed by atoms with van der Waals surface area (Å²) in [5.41, 5.74) is 1.81. The maximum absolute atomic E-state index is 8.91. The average molecular weight is 126 g/mol. The second kappa shape index (κ2) is 2.19. The fraction of sp³-hybridized carbons (Fsp3) is 0.500. The maximum Gasteiger partial charge on any atom is 0.222 e. The molecule has 1 atom stereocenters. The van der Waals surface area contributed by atoms with Gasteiger partial charge in [-0.1, -0.05) is 0 Å². The highest BCUT2D eigenvalue weighted by Crippen LogP contribution is 1.98. The Morgan fingerprint density at radius 3 is 2.78 bits per heavy atom. The Balaban J connectivity index is 2.74. The Morgan fingerprint density at radius 1 is 1.67 bits per heavy atom. The maximum atomic E-state index is 8.91. The standard InChI is InChI=1S/C6H10N2O/c1-4-3-5(2)8-6(9)7-4/h3,6-7,9H,1-2H3. The average Bonchev–Trinajstić information content (AvgIpc) is 1.59. The van der Waals surface area contributed by atoms with Crippen molar-refractivity contribution in [3.05, 3.63) is 11.8 Å². The van der Waals surface area contributed by atoms with Gasteiger partial charge >= 0.3 is 0 Å². The summed E-state index contributed by atoms with van der Waals surface area (Å²) in [4.78, 5) is 3.82. The lowest BCUT2D eigenvalue weighted by atomic mass is 10.3. The van der Waals surface area contributed by atoms with Crippen molar-refractivity contribution in [2.75, 3.05) is 0 Å². The van der Waals surface area contributed by atoms with Gasteiger partial charge in [-0.15, -0.1) is 0 Å². The van der Waals surface area contributed by atoms with Gasteiger partial charge in [0, 0.05) is 11.4 Å². The van der Waals surface area contributed by atoms with Crippen LogP contribution in [0.2, 0.25) is 0 Å². The molecular weight excluding hydrogens is 116 g/mol. The van der Waals surface area contributed by atoms with E-state index >= 15 is 0 Å². The quantitative estimate of drug-likeness (QED) is 0.488. The van der Waals surface area contributed by atoms with E-state index in [4.69, 9.17) is 5.11 Å². The number of rotatable bonds is 0. The minimum Gasteiger partial charge on any atom is -0.355 e. The molecule has 0 aliphatic carbocycles. The number of aliphatic hydroxyl groups is 1. The number of aliphatic hydroxyl groups excluding tert-OH is 1. The van der Waals surface area contributed by atoms with Gasteiger partial charge in [-0.2, -0.15) is 0 Å². The van der Waals surface area contributed by atoms with Gasteiger partial charge < -0.3 is 10.4 Å². The molecule has 1 rings (SSSR count). The van der Waals surface area contributed by atoms with Crippen molar-refractivity contribution in [1.29, 1.82) is 0 Å². The van der Waals surface area contributed by atoms with Crippen molar-refractivity contribution in [1.82, 2.24) is 5.32 Å². The van der Waals surface area contributed by atoms with Crippen LogP contribution < -0.4 is 5.32 Å². The van der Waals surface area contributed by atoms with Gasteiger partial charge in [0.15, 0.2) is 0 Å². The lowest BCUT2D eigenvalue weighted by Crippen LogP contribution is -2.29. The third kappa shape index (κ3) is 1.54. The van der Waals surface area contributed by atoms with Crippen molar-refractivity contribution in [2.24, 2.45) is 4.99 Å². The predicted octanol–water partition coefficient (Wildman–Crippen LogP) is 0.230. The summed E-state index contributed by atoms with van der Waals surface area (Å²) in [6.45, 7) is 3.74. The molecule has 0 radical (unpaired) electrons. The normalized spacial score (nSPS) is 26.3. The van der Waals surface area contributed by atoms with E-state index in [9.17, 15) is 0 Å². The van der Waals surface area contributed by atoms with Crippen LogP contribution in [0.1, 0.15) is 13.8 Å². The van der Waals surface area contributed by atoms with Gasteiger partial charge in [0.1, 0.15) is 0 Å². The zero-order valence-electron chi connectivity index (χ0n) is 5.55. The second-order valence-corrected chi connectivity index (χ2v) is 2.12. The minimum absolute atomic E-state index is 0.741. The third-order valence-corrected chi connectivity index (χ3v) is 1.11. The second-order valence-electron chi connectivity index (χ2n) is 2.12. The molecule has 0 aromatic carbocycles. The van der Waals surface area contributed by atoms with E-state index in [1.54, 1.807) is 0 Å². The first-order valence-electron chi connectivity index (χ1n) is 2.86. The van der Waals surface area contributed by atoms with Crippen LogP contribution in [0.25, 0.3) is 0 Å². The number of nitrogens with one attached hydrogen (secondary N) is 1. The van der Waals surface area contributed by atoms with Crippen LogP contribution in [0.15, 0.2) is 16.8 Å². The number of hydrogen-bond acceptors (Lipinski definition) is 3. The zero-order valence-corrected chi connectivity index (χ0v) is 5.55. The first-order chi connectivity index (χ1) is 4.18. The van der Waals surface area contributed by atoms with E-state index in [-0.39, 0.29) is 0 Å². The van der Waals surface area contributed by atoms with Crippen molar-refractivity contribution in [3.63, 3.8) is 0 Å². The minimum atomic E-state index is -0.741. The van der Waals surface area contributed by atoms with Gasteiger partial charge in [0.05, 0.1) is 0 Å². The largest absolute Gasteiger partial charge is 0.355 e. The molecular formula is C6H10N2O. The molecule has 0 aromatic heterocycles. The smallest absolute Gasteiger partial charge is 0.222 e. The molecule has 0 saturated heterocycles. The molecule has 0 amide bonds. The summed E-state index contributed by atoms with van der Waals surface area (Å²) in [6, 6.07) is 0. The van der Waals surface area contributed by atoms with Crippen LogP contribution in [-0.2, 0) is 0 Å². The molecule has 1 unspecified atom stereocenters. The van der Waals surface area contributed by atoms with Gasteiger partial charge in [-0.3, -0.25) is 0 Å². The van der Waals surface area contributed by atoms with Crippen molar-refractivity contribution >= 4 is 5.71 Å². The van der Waals surface area contributed by atoms with Gasteiger partial charge in [0.25, 0.3) is 0 Å². The van der Waals surface area contributed by atoms with E-state index in [1.807, 2.05) is 19.9 Å². The molecule has 1 aliphatic heterocycles. The molecule has 0 saturated carbocycles. The summed E-state index contributed by atoms with van der Waals surface area (Å²) >= 11 is 0. The number of aliphatic imine (C=N–C) groups is 1. The van der Waals surface area contributed by atoms with Crippen LogP contribution in [0.5, 0.6) is 0 Å². The topological polar surface area (TPSA) is 44.6 Å². The summed E-state index contributed by atoms with van der Waals surface area (Å²) in [5, 5.41) is 11.6. The summed E-state index contributed by atoms with van der Waals surface area (Å²) in [6.07, 6.45) is 1.14. The highest BCUT2D eigenvalue weighted by atomic mass is 16.3. The predicted molar refractivity (Wildman–Crippen MR) is 36.0 cm³/mol. The van der Waals surface area contributed by atoms with E-state index in [1.165, 1.54) is 0 Å². The first kappa shape index (κ1) is 6.29. The molecule has 0 fully saturated rings. The van der Waals surface area contributed by atoms with Crippen LogP contribution in [0, 0.1) is 0 Å². The lowest BCUT2D eigenvalue weighted by Gasteiger charge is -2.14. The summed E-state index contributed by atoms with van der Waals surface area (Å²) in [7, 11) is 0. The lowest BCUT2D eigenvalue weighted by molar-refractivity contribution is 0.157. The molecule has 9 heavy (non-hydrogen) atoms. The number of hydrogen-bond donors (Lipinski definition) is 2. The van der Waals surface area contributed by atoms with Gasteiger partial charge in [-0.25, -0.2) is 4.99 Å². The zero-order chi connectivity index (χ0) is 6.85. The Bertz CT molecular complexity index is 172. The Morgan fingerprint density at radius 2 is 2.33 bits per heavy atom. The molecule has 0 spiro atoms. The number of allylic oxidation sites excluding steroid dienone is 2. The highest BCUT2D eigenvalue weighted by Gasteiger charge is 2.04. The van der Waals surface area contributed by atoms with Crippen LogP contribution in [0.4, 0.5) is 0 Å². The van der Waals surface area contributed by atoms with Gasteiger partial charge in [0.2, 0.25) is 6.35 Å². The Labute approximate surface area is 54.1 Å². The van der Waals surface area contributed by atoms with Crippen molar-refractivity contribution in [3.8, 4) is 0 Å². The molecule has 2 N–H and O–H groups in total. The van der Waals surface area contributed by atoms with Crippen molar-refractivity contribution < 1.29 is 5.11 Å². The SMILES string of the molecule is CC1=CC(C)=NC(O)N1. The fourth-order valence-corrected chi connectivity index (χ4v) is 0.821. The Hall–Kier alpha value is -0.830. The molecule has 0 aromatic rings. The van der Waals surface area contributed by atoms with E-state index < -0.39 is 6.35 Å². The van der Waals surface area contributed by atoms with Crippen LogP contribution in [-0.4, -0.2) is 17.2 Å². The fourth-order valence-electron chi connectivity index (χ4n) is 0.821. The van der Waals surface area contributed by atoms with E-state index in [0.717, 1.165) is 11.4 Å². The van der Waals surface area contributed by atoms with Crippen LogP contribution >= 0.6 is 0 Å². The first-order valence-corrected chi connectivity index (χ1v) is 2.86. The van der Waals surface area contributed by atoms with E-state index in [0.29, 0.717) is 0 Å². The monoisotopic (exact) mass is 126 g/mol. The molecule has 0 bridgehead atoms. The summed E-state index contributed by atoms with van der Waals surface area (Å²) < 4.78 is 0. The van der Waals surface area contributed by atoms with Crippen LogP contribution in [0.3, 0.4) is 0 Å². The van der Waals surface area contributed by atoms with Gasteiger partial charge in [-0.05, 0) is 19.9 Å². The summed E-state index contributed by atoms with van der Waals surface area (Å²) in [5.74, 6) is 0.